The average Bonchev–Trinajstić information content (AvgIpc) is 3.34. The van der Waals surface area contributed by atoms with Crippen molar-refractivity contribution in [1.29, 1.82) is 0 Å². The van der Waals surface area contributed by atoms with Gasteiger partial charge in [-0.1, -0.05) is 33.3 Å². The molecule has 1 aromatic carbocycles. The zero-order valence-corrected chi connectivity index (χ0v) is 15.1. The van der Waals surface area contributed by atoms with E-state index in [-0.39, 0.29) is 17.8 Å². The van der Waals surface area contributed by atoms with Gasteiger partial charge in [-0.2, -0.15) is 0 Å². The van der Waals surface area contributed by atoms with Gasteiger partial charge in [0.15, 0.2) is 11.6 Å². The lowest BCUT2D eigenvalue weighted by molar-refractivity contribution is 0.284. The molecular weight excluding hydrogens is 313 g/mol. The van der Waals surface area contributed by atoms with Crippen molar-refractivity contribution in [1.82, 2.24) is 4.72 Å². The van der Waals surface area contributed by atoms with Crippen LogP contribution >= 0.6 is 0 Å². The number of unbranched alkanes of at least 4 members (excludes halogenated alkanes) is 1. The maximum Gasteiger partial charge on any atom is 0.165 e. The summed E-state index contributed by atoms with van der Waals surface area (Å²) >= 11 is -1.07. The van der Waals surface area contributed by atoms with Gasteiger partial charge in [-0.3, -0.25) is 0 Å². The molecule has 1 fully saturated rings. The van der Waals surface area contributed by atoms with Crippen molar-refractivity contribution >= 4 is 11.4 Å². The van der Waals surface area contributed by atoms with Gasteiger partial charge in [-0.05, 0) is 48.8 Å². The van der Waals surface area contributed by atoms with Crippen LogP contribution in [-0.2, 0) is 11.4 Å². The first-order valence-electron chi connectivity index (χ1n) is 8.58. The van der Waals surface area contributed by atoms with Crippen LogP contribution in [0, 0.1) is 17.7 Å². The first-order chi connectivity index (χ1) is 11.0. The molecule has 0 saturated heterocycles. The fourth-order valence-corrected chi connectivity index (χ4v) is 3.74. The van der Waals surface area contributed by atoms with Crippen LogP contribution in [0.5, 0.6) is 5.75 Å². The van der Waals surface area contributed by atoms with Crippen LogP contribution < -0.4 is 9.46 Å². The molecule has 2 unspecified atom stereocenters. The summed E-state index contributed by atoms with van der Waals surface area (Å²) in [4.78, 5) is 0. The quantitative estimate of drug-likeness (QED) is 0.643. The number of rotatable bonds is 10. The Morgan fingerprint density at radius 2 is 2.13 bits per heavy atom. The minimum atomic E-state index is -1.07. The van der Waals surface area contributed by atoms with E-state index in [0.717, 1.165) is 18.4 Å². The van der Waals surface area contributed by atoms with Crippen molar-refractivity contribution in [2.45, 2.75) is 52.5 Å². The molecule has 1 N–H and O–H groups in total. The second kappa shape index (κ2) is 8.90. The Morgan fingerprint density at radius 1 is 1.39 bits per heavy atom. The van der Waals surface area contributed by atoms with E-state index >= 15 is 0 Å². The van der Waals surface area contributed by atoms with Gasteiger partial charge in [-0.25, -0.2) is 4.39 Å². The van der Waals surface area contributed by atoms with Gasteiger partial charge in [0, 0.05) is 11.4 Å². The van der Waals surface area contributed by atoms with Crippen LogP contribution in [0.1, 0.15) is 58.1 Å². The third-order valence-corrected chi connectivity index (χ3v) is 5.27. The molecule has 23 heavy (non-hydrogen) atoms. The van der Waals surface area contributed by atoms with Crippen molar-refractivity contribution in [3.63, 3.8) is 0 Å². The van der Waals surface area contributed by atoms with E-state index in [1.807, 2.05) is 0 Å². The van der Waals surface area contributed by atoms with Crippen molar-refractivity contribution in [2.75, 3.05) is 12.4 Å². The van der Waals surface area contributed by atoms with Crippen LogP contribution in [0.2, 0.25) is 0 Å². The van der Waals surface area contributed by atoms with Crippen molar-refractivity contribution in [3.8, 4) is 5.75 Å². The van der Waals surface area contributed by atoms with Crippen LogP contribution in [-0.4, -0.2) is 16.9 Å². The molecule has 5 heteroatoms. The van der Waals surface area contributed by atoms with E-state index in [9.17, 15) is 8.94 Å². The predicted octanol–water partition coefficient (Wildman–Crippen LogP) is 4.37. The molecule has 1 aliphatic rings. The van der Waals surface area contributed by atoms with E-state index in [1.54, 1.807) is 12.1 Å². The lowest BCUT2D eigenvalue weighted by Crippen LogP contribution is -2.33. The molecule has 2 rings (SSSR count). The Bertz CT molecular complexity index is 494. The number of hydrogen-bond donors (Lipinski definition) is 1. The van der Waals surface area contributed by atoms with E-state index in [0.29, 0.717) is 24.0 Å². The molecule has 0 aliphatic heterocycles. The van der Waals surface area contributed by atoms with Crippen LogP contribution in [0.3, 0.4) is 0 Å². The molecule has 0 bridgehead atoms. The smallest absolute Gasteiger partial charge is 0.165 e. The third kappa shape index (κ3) is 5.98. The molecule has 0 heterocycles. The van der Waals surface area contributed by atoms with E-state index in [1.165, 1.54) is 18.9 Å². The fraction of sp³-hybridized carbons (Fsp3) is 0.667. The monoisotopic (exact) mass is 341 g/mol. The minimum Gasteiger partial charge on any atom is -0.598 e. The summed E-state index contributed by atoms with van der Waals surface area (Å²) in [5.74, 6) is 1.46. The highest BCUT2D eigenvalue weighted by atomic mass is 32.2. The third-order valence-electron chi connectivity index (χ3n) is 4.09. The Balaban J connectivity index is 2.06. The molecule has 130 valence electrons. The molecular formula is C18H28FNO2S. The maximum atomic E-state index is 13.9. The molecule has 0 spiro atoms. The zero-order chi connectivity index (χ0) is 16.8. The van der Waals surface area contributed by atoms with Crippen LogP contribution in [0.4, 0.5) is 4.39 Å². The summed E-state index contributed by atoms with van der Waals surface area (Å²) < 4.78 is 34.9. The molecule has 1 aliphatic carbocycles. The fourth-order valence-electron chi connectivity index (χ4n) is 2.38. The normalized spacial score (nSPS) is 17.3. The molecule has 2 atom stereocenters. The lowest BCUT2D eigenvalue weighted by atomic mass is 9.97. The van der Waals surface area contributed by atoms with Crippen molar-refractivity contribution < 1.29 is 13.7 Å². The zero-order valence-electron chi connectivity index (χ0n) is 14.3. The highest BCUT2D eigenvalue weighted by molar-refractivity contribution is 7.89. The predicted molar refractivity (Wildman–Crippen MR) is 93.3 cm³/mol. The first kappa shape index (κ1) is 18.6. The van der Waals surface area contributed by atoms with Gasteiger partial charge in [0.05, 0.1) is 12.6 Å². The number of benzene rings is 1. The summed E-state index contributed by atoms with van der Waals surface area (Å²) in [5, 5.41) is 0. The van der Waals surface area contributed by atoms with Gasteiger partial charge >= 0.3 is 0 Å². The van der Waals surface area contributed by atoms with Gasteiger partial charge < -0.3 is 9.29 Å². The number of halogens is 1. The van der Waals surface area contributed by atoms with Crippen molar-refractivity contribution in [3.05, 3.63) is 29.6 Å². The Kier molecular flexibility index (Phi) is 7.18. The van der Waals surface area contributed by atoms with E-state index < -0.39 is 11.4 Å². The van der Waals surface area contributed by atoms with E-state index in [2.05, 4.69) is 25.5 Å². The molecule has 1 saturated carbocycles. The van der Waals surface area contributed by atoms with Gasteiger partial charge in [-0.15, -0.1) is 4.72 Å². The number of nitrogens with one attached hydrogen (secondary N) is 1. The summed E-state index contributed by atoms with van der Waals surface area (Å²) in [5.41, 5.74) is 0.928. The lowest BCUT2D eigenvalue weighted by Gasteiger charge is -2.24. The van der Waals surface area contributed by atoms with Crippen molar-refractivity contribution in [2.24, 2.45) is 11.8 Å². The highest BCUT2D eigenvalue weighted by Crippen LogP contribution is 2.32. The molecule has 3 nitrogen and oxygen atoms in total. The second-order valence-corrected chi connectivity index (χ2v) is 8.02. The Labute approximate surface area is 142 Å². The SMILES string of the molecule is CCCC[S+]([O-])NC(c1ccc(F)c(OCC2CC2)c1)C(C)C. The molecule has 1 aromatic rings. The van der Waals surface area contributed by atoms with Gasteiger partial charge in [0.2, 0.25) is 0 Å². The Hall–Kier alpha value is -0.780. The number of hydrogen-bond acceptors (Lipinski definition) is 3. The summed E-state index contributed by atoms with van der Waals surface area (Å²) in [6.45, 7) is 6.81. The Morgan fingerprint density at radius 3 is 2.74 bits per heavy atom. The average molecular weight is 341 g/mol. The summed E-state index contributed by atoms with van der Waals surface area (Å²) in [6.07, 6.45) is 4.31. The van der Waals surface area contributed by atoms with Crippen LogP contribution in [0.25, 0.3) is 0 Å². The van der Waals surface area contributed by atoms with Gasteiger partial charge in [0.1, 0.15) is 5.75 Å². The van der Waals surface area contributed by atoms with E-state index in [4.69, 9.17) is 4.74 Å². The summed E-state index contributed by atoms with van der Waals surface area (Å²) in [6, 6.07) is 4.89. The minimum absolute atomic E-state index is 0.0726. The van der Waals surface area contributed by atoms with Gasteiger partial charge in [0.25, 0.3) is 0 Å². The largest absolute Gasteiger partial charge is 0.598 e. The molecule has 0 radical (unpaired) electrons. The molecule has 0 amide bonds. The maximum absolute atomic E-state index is 13.9. The standard InChI is InChI=1S/C18H28FNO2S/c1-4-5-10-23(21)20-18(13(2)3)15-8-9-16(19)17(11-15)22-12-14-6-7-14/h8-9,11,13-14,18,20H,4-7,10,12H2,1-3H3. The highest BCUT2D eigenvalue weighted by Gasteiger charge is 2.25. The summed E-state index contributed by atoms with van der Waals surface area (Å²) in [7, 11) is 0. The second-order valence-electron chi connectivity index (χ2n) is 6.69. The van der Waals surface area contributed by atoms with Crippen LogP contribution in [0.15, 0.2) is 18.2 Å². The topological polar surface area (TPSA) is 44.3 Å². The molecule has 0 aromatic heterocycles. The number of ether oxygens (including phenoxy) is 1. The first-order valence-corrected chi connectivity index (χ1v) is 9.90.